The van der Waals surface area contributed by atoms with Crippen LogP contribution in [0.3, 0.4) is 0 Å². The van der Waals surface area contributed by atoms with Crippen LogP contribution in [-0.4, -0.2) is 37.1 Å². The summed E-state index contributed by atoms with van der Waals surface area (Å²) < 4.78 is 0. The van der Waals surface area contributed by atoms with E-state index in [-0.39, 0.29) is 5.91 Å². The zero-order chi connectivity index (χ0) is 20.3. The Morgan fingerprint density at radius 1 is 1.00 bits per heavy atom. The van der Waals surface area contributed by atoms with E-state index in [0.717, 1.165) is 44.1 Å². The predicted octanol–water partition coefficient (Wildman–Crippen LogP) is 4.22. The van der Waals surface area contributed by atoms with Crippen molar-refractivity contribution in [3.05, 3.63) is 84.1 Å². The number of hydrogen-bond acceptors (Lipinski definition) is 4. The number of nitrogens with one attached hydrogen (secondary N) is 1. The maximum Gasteiger partial charge on any atom is 0.259 e. The van der Waals surface area contributed by atoms with Crippen molar-refractivity contribution in [3.8, 4) is 0 Å². The highest BCUT2D eigenvalue weighted by Gasteiger charge is 2.25. The number of pyridine rings is 1. The van der Waals surface area contributed by atoms with Crippen LogP contribution in [0.15, 0.2) is 72.9 Å². The number of anilines is 3. The molecule has 0 unspecified atom stereocenters. The predicted molar refractivity (Wildman–Crippen MR) is 121 cm³/mol. The fraction of sp³-hybridized carbons (Fsp3) is 0.280. The molecular formula is C25H26N4O. The molecule has 1 atom stereocenters. The van der Waals surface area contributed by atoms with Gasteiger partial charge in [0.2, 0.25) is 0 Å². The summed E-state index contributed by atoms with van der Waals surface area (Å²) in [5.41, 5.74) is 4.19. The van der Waals surface area contributed by atoms with Crippen LogP contribution in [0.2, 0.25) is 0 Å². The third-order valence-electron chi connectivity index (χ3n) is 6.12. The molecule has 152 valence electrons. The van der Waals surface area contributed by atoms with E-state index in [2.05, 4.69) is 51.6 Å². The third kappa shape index (κ3) is 3.75. The Hall–Kier alpha value is -3.34. The average Bonchev–Trinajstić information content (AvgIpc) is 3.46. The zero-order valence-corrected chi connectivity index (χ0v) is 17.0. The Bertz CT molecular complexity index is 1020. The first-order valence-electron chi connectivity index (χ1n) is 10.7. The largest absolute Gasteiger partial charge is 0.371 e. The number of nitrogens with zero attached hydrogens (tertiary/aromatic N) is 3. The molecule has 30 heavy (non-hydrogen) atoms. The van der Waals surface area contributed by atoms with E-state index >= 15 is 0 Å². The summed E-state index contributed by atoms with van der Waals surface area (Å²) in [5.74, 6) is 1.44. The van der Waals surface area contributed by atoms with Gasteiger partial charge in [-0.3, -0.25) is 4.79 Å². The molecule has 0 spiro atoms. The molecule has 3 heterocycles. The second kappa shape index (κ2) is 8.19. The first kappa shape index (κ1) is 18.7. The molecule has 1 amide bonds. The second-order valence-corrected chi connectivity index (χ2v) is 8.08. The quantitative estimate of drug-likeness (QED) is 0.699. The van der Waals surface area contributed by atoms with Crippen LogP contribution >= 0.6 is 0 Å². The minimum Gasteiger partial charge on any atom is -0.371 e. The van der Waals surface area contributed by atoms with Gasteiger partial charge in [-0.05, 0) is 54.7 Å². The molecule has 5 nitrogen and oxygen atoms in total. The molecule has 0 saturated carbocycles. The van der Waals surface area contributed by atoms with E-state index in [1.165, 1.54) is 17.7 Å². The Labute approximate surface area is 177 Å². The van der Waals surface area contributed by atoms with Crippen molar-refractivity contribution in [2.75, 3.05) is 41.3 Å². The summed E-state index contributed by atoms with van der Waals surface area (Å²) in [6, 6.07) is 22.5. The molecule has 0 radical (unpaired) electrons. The van der Waals surface area contributed by atoms with Crippen molar-refractivity contribution >= 4 is 23.1 Å². The summed E-state index contributed by atoms with van der Waals surface area (Å²) >= 11 is 0. The molecule has 1 fully saturated rings. The second-order valence-electron chi connectivity index (χ2n) is 8.08. The standard InChI is InChI=1S/C25H26N4O/c30-25(29-15-13-20-6-4-5-9-23(20)29)21-10-11-24(27-17-21)26-16-19-12-14-28(18-19)22-7-2-1-3-8-22/h1-11,17,19H,12-16,18H2,(H,26,27)/t19-/m0/s1. The maximum absolute atomic E-state index is 12.9. The van der Waals surface area contributed by atoms with E-state index in [4.69, 9.17) is 0 Å². The lowest BCUT2D eigenvalue weighted by Crippen LogP contribution is -2.29. The van der Waals surface area contributed by atoms with Gasteiger partial charge in [0.15, 0.2) is 0 Å². The van der Waals surface area contributed by atoms with Gasteiger partial charge in [-0.1, -0.05) is 36.4 Å². The molecule has 2 aliphatic rings. The number of para-hydroxylation sites is 2. The number of carbonyl (C=O) groups excluding carboxylic acids is 1. The Kier molecular flexibility index (Phi) is 5.10. The van der Waals surface area contributed by atoms with Gasteiger partial charge in [-0.15, -0.1) is 0 Å². The lowest BCUT2D eigenvalue weighted by atomic mass is 10.1. The molecule has 0 aliphatic carbocycles. The lowest BCUT2D eigenvalue weighted by molar-refractivity contribution is 0.0989. The molecule has 1 aromatic heterocycles. The van der Waals surface area contributed by atoms with Crippen LogP contribution in [0.5, 0.6) is 0 Å². The van der Waals surface area contributed by atoms with Crippen LogP contribution in [-0.2, 0) is 6.42 Å². The van der Waals surface area contributed by atoms with Gasteiger partial charge in [-0.2, -0.15) is 0 Å². The molecule has 3 aromatic rings. The van der Waals surface area contributed by atoms with E-state index in [1.54, 1.807) is 6.20 Å². The highest BCUT2D eigenvalue weighted by molar-refractivity contribution is 6.07. The zero-order valence-electron chi connectivity index (χ0n) is 17.0. The summed E-state index contributed by atoms with van der Waals surface area (Å²) in [6.45, 7) is 3.78. The third-order valence-corrected chi connectivity index (χ3v) is 6.12. The first-order valence-corrected chi connectivity index (χ1v) is 10.7. The van der Waals surface area contributed by atoms with Crippen molar-refractivity contribution in [3.63, 3.8) is 0 Å². The van der Waals surface area contributed by atoms with Crippen LogP contribution < -0.4 is 15.1 Å². The molecule has 2 aromatic carbocycles. The summed E-state index contributed by atoms with van der Waals surface area (Å²) in [5, 5.41) is 3.45. The number of hydrogen-bond donors (Lipinski definition) is 1. The van der Waals surface area contributed by atoms with Crippen molar-refractivity contribution < 1.29 is 4.79 Å². The van der Waals surface area contributed by atoms with Gasteiger partial charge in [-0.25, -0.2) is 4.98 Å². The number of aromatic nitrogens is 1. The highest BCUT2D eigenvalue weighted by Crippen LogP contribution is 2.29. The number of carbonyl (C=O) groups is 1. The topological polar surface area (TPSA) is 48.5 Å². The number of rotatable bonds is 5. The van der Waals surface area contributed by atoms with Crippen LogP contribution in [0, 0.1) is 5.92 Å². The lowest BCUT2D eigenvalue weighted by Gasteiger charge is -2.19. The SMILES string of the molecule is O=C(c1ccc(NC[C@@H]2CCN(c3ccccc3)C2)nc1)N1CCc2ccccc21. The first-order chi connectivity index (χ1) is 14.8. The van der Waals surface area contributed by atoms with Gasteiger partial charge >= 0.3 is 0 Å². The van der Waals surface area contributed by atoms with Gasteiger partial charge in [0, 0.05) is 43.8 Å². The minimum atomic E-state index is 0.0216. The van der Waals surface area contributed by atoms with Gasteiger partial charge in [0.1, 0.15) is 5.82 Å². The number of benzene rings is 2. The highest BCUT2D eigenvalue weighted by atomic mass is 16.2. The van der Waals surface area contributed by atoms with Crippen molar-refractivity contribution in [2.45, 2.75) is 12.8 Å². The van der Waals surface area contributed by atoms with Crippen LogP contribution in [0.1, 0.15) is 22.3 Å². The fourth-order valence-corrected chi connectivity index (χ4v) is 4.45. The number of fused-ring (bicyclic) bond motifs is 1. The molecule has 0 bridgehead atoms. The monoisotopic (exact) mass is 398 g/mol. The smallest absolute Gasteiger partial charge is 0.259 e. The Balaban J connectivity index is 1.17. The van der Waals surface area contributed by atoms with E-state index in [1.807, 2.05) is 35.2 Å². The van der Waals surface area contributed by atoms with Crippen molar-refractivity contribution in [2.24, 2.45) is 5.92 Å². The van der Waals surface area contributed by atoms with Gasteiger partial charge in [0.05, 0.1) is 5.56 Å². The minimum absolute atomic E-state index is 0.0216. The number of amides is 1. The molecule has 5 rings (SSSR count). The molecule has 5 heteroatoms. The molecule has 1 saturated heterocycles. The molecular weight excluding hydrogens is 372 g/mol. The Morgan fingerprint density at radius 3 is 2.67 bits per heavy atom. The van der Waals surface area contributed by atoms with Gasteiger partial charge in [0.25, 0.3) is 5.91 Å². The molecule has 1 N–H and O–H groups in total. The van der Waals surface area contributed by atoms with Crippen molar-refractivity contribution in [1.82, 2.24) is 4.98 Å². The van der Waals surface area contributed by atoms with E-state index < -0.39 is 0 Å². The Morgan fingerprint density at radius 2 is 1.83 bits per heavy atom. The molecule has 2 aliphatic heterocycles. The van der Waals surface area contributed by atoms with E-state index in [9.17, 15) is 4.79 Å². The average molecular weight is 399 g/mol. The fourth-order valence-electron chi connectivity index (χ4n) is 4.45. The van der Waals surface area contributed by atoms with Crippen LogP contribution in [0.4, 0.5) is 17.2 Å². The van der Waals surface area contributed by atoms with Crippen LogP contribution in [0.25, 0.3) is 0 Å². The van der Waals surface area contributed by atoms with Gasteiger partial charge < -0.3 is 15.1 Å². The van der Waals surface area contributed by atoms with E-state index in [0.29, 0.717) is 11.5 Å². The normalized spacial score (nSPS) is 17.8. The summed E-state index contributed by atoms with van der Waals surface area (Å²) in [4.78, 5) is 21.7. The summed E-state index contributed by atoms with van der Waals surface area (Å²) in [7, 11) is 0. The maximum atomic E-state index is 12.9. The summed E-state index contributed by atoms with van der Waals surface area (Å²) in [6.07, 6.45) is 3.78. The van der Waals surface area contributed by atoms with Crippen molar-refractivity contribution in [1.29, 1.82) is 0 Å².